The molecule has 2 rings (SSSR count). The standard InChI is InChI=1S/C14H12F2N2O5S/c1-8-3-4-13(23-2)11(5-8)17-24(21,22)14-7-12(18(19)20)9(15)6-10(14)16/h3-7,17H,1-2H3. The third kappa shape index (κ3) is 3.43. The van der Waals surface area contributed by atoms with Gasteiger partial charge in [0.05, 0.1) is 17.7 Å². The summed E-state index contributed by atoms with van der Waals surface area (Å²) >= 11 is 0. The van der Waals surface area contributed by atoms with Crippen molar-refractivity contribution < 1.29 is 26.9 Å². The lowest BCUT2D eigenvalue weighted by Crippen LogP contribution is -2.16. The number of sulfonamides is 1. The van der Waals surface area contributed by atoms with Gasteiger partial charge >= 0.3 is 5.69 Å². The highest BCUT2D eigenvalue weighted by Crippen LogP contribution is 2.30. The largest absolute Gasteiger partial charge is 0.495 e. The summed E-state index contributed by atoms with van der Waals surface area (Å²) in [5.74, 6) is -2.75. The van der Waals surface area contributed by atoms with E-state index in [0.717, 1.165) is 0 Å². The Balaban J connectivity index is 2.54. The van der Waals surface area contributed by atoms with Gasteiger partial charge in [-0.05, 0) is 24.6 Å². The molecule has 1 N–H and O–H groups in total. The van der Waals surface area contributed by atoms with Crippen LogP contribution in [0, 0.1) is 28.7 Å². The fraction of sp³-hybridized carbons (Fsp3) is 0.143. The van der Waals surface area contributed by atoms with E-state index in [1.807, 2.05) is 0 Å². The van der Waals surface area contributed by atoms with Crippen LogP contribution in [0.4, 0.5) is 20.2 Å². The Kier molecular flexibility index (Phi) is 4.69. The maximum Gasteiger partial charge on any atom is 0.306 e. The van der Waals surface area contributed by atoms with Crippen molar-refractivity contribution in [2.75, 3.05) is 11.8 Å². The molecule has 2 aromatic rings. The van der Waals surface area contributed by atoms with Gasteiger partial charge in [0.1, 0.15) is 16.5 Å². The molecule has 0 saturated heterocycles. The maximum absolute atomic E-state index is 13.8. The zero-order valence-electron chi connectivity index (χ0n) is 12.5. The molecule has 2 aromatic carbocycles. The van der Waals surface area contributed by atoms with Gasteiger partial charge in [-0.25, -0.2) is 12.8 Å². The Bertz CT molecular complexity index is 916. The quantitative estimate of drug-likeness (QED) is 0.654. The number of hydrogen-bond acceptors (Lipinski definition) is 5. The molecule has 0 bridgehead atoms. The Morgan fingerprint density at radius 3 is 2.42 bits per heavy atom. The number of benzene rings is 2. The molecule has 0 aromatic heterocycles. The number of methoxy groups -OCH3 is 1. The van der Waals surface area contributed by atoms with E-state index in [9.17, 15) is 27.3 Å². The number of nitro benzene ring substituents is 1. The number of hydrogen-bond donors (Lipinski definition) is 1. The minimum atomic E-state index is -4.54. The van der Waals surface area contributed by atoms with Crippen LogP contribution in [0.5, 0.6) is 5.75 Å². The molecular formula is C14H12F2N2O5S. The zero-order valence-corrected chi connectivity index (χ0v) is 13.4. The van der Waals surface area contributed by atoms with E-state index in [0.29, 0.717) is 11.6 Å². The molecule has 0 saturated carbocycles. The SMILES string of the molecule is COc1ccc(C)cc1NS(=O)(=O)c1cc([N+](=O)[O-])c(F)cc1F. The molecule has 0 aliphatic carbocycles. The third-order valence-corrected chi connectivity index (χ3v) is 4.47. The van der Waals surface area contributed by atoms with Gasteiger partial charge in [0, 0.05) is 12.1 Å². The van der Waals surface area contributed by atoms with E-state index in [1.54, 1.807) is 13.0 Å². The van der Waals surface area contributed by atoms with Gasteiger partial charge in [0.25, 0.3) is 10.0 Å². The van der Waals surface area contributed by atoms with Crippen molar-refractivity contribution in [1.29, 1.82) is 0 Å². The van der Waals surface area contributed by atoms with E-state index in [2.05, 4.69) is 4.72 Å². The highest BCUT2D eigenvalue weighted by Gasteiger charge is 2.27. The summed E-state index contributed by atoms with van der Waals surface area (Å²) in [4.78, 5) is 8.54. The summed E-state index contributed by atoms with van der Waals surface area (Å²) in [5.41, 5.74) is -0.434. The Labute approximate surface area is 136 Å². The van der Waals surface area contributed by atoms with E-state index in [1.165, 1.54) is 19.2 Å². The summed E-state index contributed by atoms with van der Waals surface area (Å²) < 4.78 is 59.0. The van der Waals surface area contributed by atoms with Crippen LogP contribution in [0.1, 0.15) is 5.56 Å². The number of anilines is 1. The topological polar surface area (TPSA) is 98.5 Å². The van der Waals surface area contributed by atoms with Crippen LogP contribution in [0.2, 0.25) is 0 Å². The maximum atomic E-state index is 13.8. The molecule has 0 heterocycles. The van der Waals surface area contributed by atoms with Crippen LogP contribution >= 0.6 is 0 Å². The minimum Gasteiger partial charge on any atom is -0.495 e. The van der Waals surface area contributed by atoms with Gasteiger partial charge in [0.15, 0.2) is 0 Å². The van der Waals surface area contributed by atoms with E-state index in [-0.39, 0.29) is 17.5 Å². The van der Waals surface area contributed by atoms with Crippen LogP contribution in [0.15, 0.2) is 35.2 Å². The molecule has 0 fully saturated rings. The van der Waals surface area contributed by atoms with Crippen LogP contribution in [0.3, 0.4) is 0 Å². The molecule has 10 heteroatoms. The number of aryl methyl sites for hydroxylation is 1. The molecule has 0 amide bonds. The van der Waals surface area contributed by atoms with E-state index in [4.69, 9.17) is 4.74 Å². The first kappa shape index (κ1) is 17.6. The van der Waals surface area contributed by atoms with Crippen molar-refractivity contribution in [3.8, 4) is 5.75 Å². The lowest BCUT2D eigenvalue weighted by molar-refractivity contribution is -0.387. The number of nitrogens with one attached hydrogen (secondary N) is 1. The predicted octanol–water partition coefficient (Wildman–Crippen LogP) is 2.99. The van der Waals surface area contributed by atoms with E-state index >= 15 is 0 Å². The van der Waals surface area contributed by atoms with Gasteiger partial charge in [-0.2, -0.15) is 4.39 Å². The van der Waals surface area contributed by atoms with Crippen molar-refractivity contribution in [2.24, 2.45) is 0 Å². The zero-order chi connectivity index (χ0) is 18.1. The fourth-order valence-corrected chi connectivity index (χ4v) is 3.11. The lowest BCUT2D eigenvalue weighted by atomic mass is 10.2. The smallest absolute Gasteiger partial charge is 0.306 e. The minimum absolute atomic E-state index is 0.0175. The van der Waals surface area contributed by atoms with Gasteiger partial charge in [0.2, 0.25) is 5.82 Å². The lowest BCUT2D eigenvalue weighted by Gasteiger charge is -2.13. The molecule has 24 heavy (non-hydrogen) atoms. The van der Waals surface area contributed by atoms with Crippen molar-refractivity contribution in [1.82, 2.24) is 0 Å². The second kappa shape index (κ2) is 6.40. The molecule has 0 radical (unpaired) electrons. The van der Waals surface area contributed by atoms with Crippen LogP contribution in [0.25, 0.3) is 0 Å². The van der Waals surface area contributed by atoms with E-state index < -0.39 is 37.2 Å². The van der Waals surface area contributed by atoms with Gasteiger partial charge in [-0.15, -0.1) is 0 Å². The summed E-state index contributed by atoms with van der Waals surface area (Å²) in [6, 6.07) is 5.08. The molecule has 0 aliphatic heterocycles. The van der Waals surface area contributed by atoms with Gasteiger partial charge in [-0.1, -0.05) is 6.07 Å². The van der Waals surface area contributed by atoms with Crippen LogP contribution in [-0.2, 0) is 10.0 Å². The molecule has 128 valence electrons. The number of halogens is 2. The van der Waals surface area contributed by atoms with Crippen molar-refractivity contribution in [3.63, 3.8) is 0 Å². The first-order valence-electron chi connectivity index (χ1n) is 6.46. The highest BCUT2D eigenvalue weighted by atomic mass is 32.2. The van der Waals surface area contributed by atoms with Crippen LogP contribution in [-0.4, -0.2) is 20.5 Å². The Hall–Kier alpha value is -2.75. The van der Waals surface area contributed by atoms with Crippen LogP contribution < -0.4 is 9.46 Å². The molecule has 0 unspecified atom stereocenters. The van der Waals surface area contributed by atoms with Gasteiger partial charge in [-0.3, -0.25) is 14.8 Å². The Morgan fingerprint density at radius 1 is 1.17 bits per heavy atom. The molecule has 0 spiro atoms. The number of nitrogens with zero attached hydrogens (tertiary/aromatic N) is 1. The highest BCUT2D eigenvalue weighted by molar-refractivity contribution is 7.92. The number of nitro groups is 1. The third-order valence-electron chi connectivity index (χ3n) is 3.09. The second-order valence-corrected chi connectivity index (χ2v) is 6.45. The van der Waals surface area contributed by atoms with Gasteiger partial charge < -0.3 is 4.74 Å². The number of ether oxygens (including phenoxy) is 1. The Morgan fingerprint density at radius 2 is 1.83 bits per heavy atom. The number of rotatable bonds is 5. The van der Waals surface area contributed by atoms with Crippen molar-refractivity contribution >= 4 is 21.4 Å². The molecule has 0 aliphatic rings. The first-order valence-corrected chi connectivity index (χ1v) is 7.95. The average Bonchev–Trinajstić information content (AvgIpc) is 2.46. The fourth-order valence-electron chi connectivity index (χ4n) is 1.97. The molecule has 7 nitrogen and oxygen atoms in total. The average molecular weight is 358 g/mol. The summed E-state index contributed by atoms with van der Waals surface area (Å²) in [6.07, 6.45) is 0. The summed E-state index contributed by atoms with van der Waals surface area (Å²) in [5, 5.41) is 10.7. The molecule has 0 atom stereocenters. The monoisotopic (exact) mass is 358 g/mol. The second-order valence-electron chi connectivity index (χ2n) is 4.80. The van der Waals surface area contributed by atoms with Crippen molar-refractivity contribution in [3.05, 3.63) is 57.6 Å². The first-order chi connectivity index (χ1) is 11.2. The van der Waals surface area contributed by atoms with Crippen molar-refractivity contribution in [2.45, 2.75) is 11.8 Å². The molecular weight excluding hydrogens is 346 g/mol. The summed E-state index contributed by atoms with van der Waals surface area (Å²) in [6.45, 7) is 1.69. The predicted molar refractivity (Wildman–Crippen MR) is 81.6 cm³/mol. The summed E-state index contributed by atoms with van der Waals surface area (Å²) in [7, 11) is -3.23. The normalized spacial score (nSPS) is 11.2.